The van der Waals surface area contributed by atoms with Gasteiger partial charge in [-0.1, -0.05) is 34.1 Å². The predicted octanol–water partition coefficient (Wildman–Crippen LogP) is 4.65. The monoisotopic (exact) mass is 402 g/mol. The number of rotatable bonds is 5. The van der Waals surface area contributed by atoms with Crippen LogP contribution in [0.4, 0.5) is 0 Å². The normalized spacial score (nSPS) is 11.1. The van der Waals surface area contributed by atoms with Crippen LogP contribution in [-0.2, 0) is 0 Å². The molecule has 1 aromatic heterocycles. The lowest BCUT2D eigenvalue weighted by atomic mass is 10.2. The van der Waals surface area contributed by atoms with Gasteiger partial charge in [0.1, 0.15) is 5.75 Å². The van der Waals surface area contributed by atoms with E-state index in [0.717, 1.165) is 21.3 Å². The highest BCUT2D eigenvalue weighted by Gasteiger charge is 2.08. The molecule has 7 heteroatoms. The van der Waals surface area contributed by atoms with Gasteiger partial charge in [-0.2, -0.15) is 14.9 Å². The Morgan fingerprint density at radius 3 is 2.71 bits per heavy atom. The van der Waals surface area contributed by atoms with Crippen LogP contribution in [0.3, 0.4) is 0 Å². The third-order valence-electron chi connectivity index (χ3n) is 3.29. The first kappa shape index (κ1) is 16.6. The maximum Gasteiger partial charge on any atom is 0.216 e. The lowest BCUT2D eigenvalue weighted by Gasteiger charge is -2.04. The van der Waals surface area contributed by atoms with Crippen molar-refractivity contribution in [2.45, 2.75) is 6.92 Å². The second kappa shape index (κ2) is 7.55. The average molecular weight is 403 g/mol. The summed E-state index contributed by atoms with van der Waals surface area (Å²) in [6, 6.07) is 15.5. The molecule has 0 aliphatic heterocycles. The minimum atomic E-state index is 0.433. The lowest BCUT2D eigenvalue weighted by molar-refractivity contribution is 0.340. The Morgan fingerprint density at radius 1 is 1.25 bits per heavy atom. The summed E-state index contributed by atoms with van der Waals surface area (Å²) in [5, 5.41) is 11.5. The molecule has 122 valence electrons. The Bertz CT molecular complexity index is 915. The van der Waals surface area contributed by atoms with E-state index in [1.54, 1.807) is 10.9 Å². The maximum absolute atomic E-state index is 5.46. The lowest BCUT2D eigenvalue weighted by Crippen LogP contribution is -1.96. The molecular weight excluding hydrogens is 388 g/mol. The number of halogens is 1. The van der Waals surface area contributed by atoms with Crippen molar-refractivity contribution in [3.8, 4) is 17.1 Å². The van der Waals surface area contributed by atoms with Gasteiger partial charge in [0.05, 0.1) is 12.8 Å². The Labute approximate surface area is 153 Å². The Kier molecular flexibility index (Phi) is 5.22. The van der Waals surface area contributed by atoms with Gasteiger partial charge < -0.3 is 4.74 Å². The van der Waals surface area contributed by atoms with Gasteiger partial charge in [0.25, 0.3) is 0 Å². The van der Waals surface area contributed by atoms with E-state index in [-0.39, 0.29) is 0 Å². The summed E-state index contributed by atoms with van der Waals surface area (Å²) < 4.78 is 8.46. The molecule has 3 aromatic rings. The van der Waals surface area contributed by atoms with Crippen molar-refractivity contribution in [2.75, 3.05) is 6.61 Å². The molecule has 2 aromatic carbocycles. The smallest absolute Gasteiger partial charge is 0.216 e. The third-order valence-corrected chi connectivity index (χ3v) is 4.28. The minimum Gasteiger partial charge on any atom is -0.494 e. The highest BCUT2D eigenvalue weighted by Crippen LogP contribution is 2.21. The van der Waals surface area contributed by atoms with E-state index < -0.39 is 0 Å². The quantitative estimate of drug-likeness (QED) is 0.498. The number of H-pyrrole nitrogens is 1. The first-order chi connectivity index (χ1) is 11.7. The van der Waals surface area contributed by atoms with Crippen LogP contribution in [0.1, 0.15) is 12.5 Å². The summed E-state index contributed by atoms with van der Waals surface area (Å²) in [4.78, 5) is 0. The van der Waals surface area contributed by atoms with Crippen LogP contribution in [0.5, 0.6) is 5.75 Å². The Balaban J connectivity index is 1.94. The van der Waals surface area contributed by atoms with Crippen LogP contribution < -0.4 is 4.74 Å². The number of benzene rings is 2. The van der Waals surface area contributed by atoms with Gasteiger partial charge in [-0.15, -0.1) is 0 Å². The van der Waals surface area contributed by atoms with Crippen molar-refractivity contribution in [3.05, 3.63) is 63.3 Å². The first-order valence-electron chi connectivity index (χ1n) is 7.38. The molecule has 0 radical (unpaired) electrons. The average Bonchev–Trinajstić information content (AvgIpc) is 2.96. The van der Waals surface area contributed by atoms with Crippen molar-refractivity contribution in [1.29, 1.82) is 0 Å². The topological polar surface area (TPSA) is 55.2 Å². The second-order valence-electron chi connectivity index (χ2n) is 4.89. The largest absolute Gasteiger partial charge is 0.494 e. The fourth-order valence-corrected chi connectivity index (χ4v) is 2.72. The predicted molar refractivity (Wildman–Crippen MR) is 101 cm³/mol. The molecule has 0 saturated heterocycles. The highest BCUT2D eigenvalue weighted by atomic mass is 79.9. The molecule has 0 aliphatic rings. The van der Waals surface area contributed by atoms with Gasteiger partial charge in [-0.05, 0) is 49.5 Å². The molecule has 3 rings (SSSR count). The summed E-state index contributed by atoms with van der Waals surface area (Å²) in [6.45, 7) is 2.59. The number of nitrogens with one attached hydrogen (secondary N) is 1. The van der Waals surface area contributed by atoms with E-state index in [1.807, 2.05) is 55.5 Å². The number of hydrogen-bond acceptors (Lipinski definition) is 4. The molecule has 5 nitrogen and oxygen atoms in total. The van der Waals surface area contributed by atoms with Crippen LogP contribution in [0.25, 0.3) is 11.4 Å². The van der Waals surface area contributed by atoms with Crippen molar-refractivity contribution < 1.29 is 4.74 Å². The van der Waals surface area contributed by atoms with Gasteiger partial charge in [-0.3, -0.25) is 0 Å². The summed E-state index contributed by atoms with van der Waals surface area (Å²) in [5.41, 5.74) is 1.85. The Morgan fingerprint density at radius 2 is 2.00 bits per heavy atom. The summed E-state index contributed by atoms with van der Waals surface area (Å²) >= 11 is 8.78. The standard InChI is InChI=1S/C17H15BrN4OS/c1-2-23-14-9-7-12(8-10-14)16-20-21-17(24)22(16)19-11-13-5-3-4-6-15(13)18/h3-11H,2H2,1H3,(H,21,24). The van der Waals surface area contributed by atoms with Crippen LogP contribution in [0.2, 0.25) is 0 Å². The molecule has 0 amide bonds. The van der Waals surface area contributed by atoms with E-state index in [4.69, 9.17) is 17.0 Å². The molecular formula is C17H15BrN4OS. The second-order valence-corrected chi connectivity index (χ2v) is 6.13. The maximum atomic E-state index is 5.46. The minimum absolute atomic E-state index is 0.433. The molecule has 0 atom stereocenters. The van der Waals surface area contributed by atoms with E-state index in [0.29, 0.717) is 17.2 Å². The number of ether oxygens (including phenoxy) is 1. The van der Waals surface area contributed by atoms with Crippen molar-refractivity contribution in [3.63, 3.8) is 0 Å². The molecule has 24 heavy (non-hydrogen) atoms. The van der Waals surface area contributed by atoms with Crippen LogP contribution in [-0.4, -0.2) is 27.7 Å². The number of aromatic nitrogens is 3. The number of nitrogens with zero attached hydrogens (tertiary/aromatic N) is 3. The Hall–Kier alpha value is -2.25. The summed E-state index contributed by atoms with van der Waals surface area (Å²) in [5.74, 6) is 1.46. The van der Waals surface area contributed by atoms with Crippen molar-refractivity contribution in [2.24, 2.45) is 5.10 Å². The van der Waals surface area contributed by atoms with E-state index >= 15 is 0 Å². The molecule has 0 saturated carbocycles. The van der Waals surface area contributed by atoms with Crippen LogP contribution in [0, 0.1) is 4.77 Å². The zero-order chi connectivity index (χ0) is 16.9. The zero-order valence-electron chi connectivity index (χ0n) is 12.9. The molecule has 0 spiro atoms. The van der Waals surface area contributed by atoms with Gasteiger partial charge in [0.15, 0.2) is 5.82 Å². The zero-order valence-corrected chi connectivity index (χ0v) is 15.3. The highest BCUT2D eigenvalue weighted by molar-refractivity contribution is 9.10. The summed E-state index contributed by atoms with van der Waals surface area (Å²) in [7, 11) is 0. The fourth-order valence-electron chi connectivity index (χ4n) is 2.15. The number of aromatic amines is 1. The summed E-state index contributed by atoms with van der Waals surface area (Å²) in [6.07, 6.45) is 1.74. The molecule has 0 bridgehead atoms. The van der Waals surface area contributed by atoms with Gasteiger partial charge in [0.2, 0.25) is 4.77 Å². The van der Waals surface area contributed by atoms with Gasteiger partial charge >= 0.3 is 0 Å². The molecule has 0 aliphatic carbocycles. The van der Waals surface area contributed by atoms with E-state index in [1.165, 1.54) is 0 Å². The van der Waals surface area contributed by atoms with E-state index in [2.05, 4.69) is 31.2 Å². The van der Waals surface area contributed by atoms with Gasteiger partial charge in [0, 0.05) is 15.6 Å². The SMILES string of the molecule is CCOc1ccc(-c2n[nH]c(=S)n2N=Cc2ccccc2Br)cc1. The molecule has 1 N–H and O–H groups in total. The molecule has 0 unspecified atom stereocenters. The van der Waals surface area contributed by atoms with E-state index in [9.17, 15) is 0 Å². The van der Waals surface area contributed by atoms with Crippen LogP contribution >= 0.6 is 28.1 Å². The first-order valence-corrected chi connectivity index (χ1v) is 8.58. The van der Waals surface area contributed by atoms with Crippen molar-refractivity contribution in [1.82, 2.24) is 14.9 Å². The fraction of sp³-hybridized carbons (Fsp3) is 0.118. The third kappa shape index (κ3) is 3.63. The molecule has 0 fully saturated rings. The molecule has 1 heterocycles. The van der Waals surface area contributed by atoms with Gasteiger partial charge in [-0.25, -0.2) is 5.10 Å². The van der Waals surface area contributed by atoms with Crippen molar-refractivity contribution >= 4 is 34.4 Å². The number of hydrogen-bond donors (Lipinski definition) is 1. The van der Waals surface area contributed by atoms with Crippen LogP contribution in [0.15, 0.2) is 58.1 Å².